The third kappa shape index (κ3) is 81.1. The number of rotatable bonds is 75. The van der Waals surface area contributed by atoms with E-state index in [1.807, 2.05) is 21.1 Å². The molecule has 2 unspecified atom stereocenters. The summed E-state index contributed by atoms with van der Waals surface area (Å²) < 4.78 is 34.4. The minimum atomic E-state index is -4.66. The van der Waals surface area contributed by atoms with E-state index in [-0.39, 0.29) is 32.0 Å². The van der Waals surface area contributed by atoms with E-state index >= 15 is 0 Å². The lowest BCUT2D eigenvalue weighted by Crippen LogP contribution is -2.37. The molecule has 0 amide bonds. The predicted octanol–water partition coefficient (Wildman–Crippen LogP) is 26.9. The smallest absolute Gasteiger partial charge is 0.306 e. The number of hydrogen-bond donors (Lipinski definition) is 0. The Bertz CT molecular complexity index is 2120. The molecule has 0 rings (SSSR count). The summed E-state index contributed by atoms with van der Waals surface area (Å²) in [5.41, 5.74) is 0. The van der Waals surface area contributed by atoms with Gasteiger partial charge in [0.15, 0.2) is 6.10 Å². The van der Waals surface area contributed by atoms with Crippen LogP contribution in [0, 0.1) is 0 Å². The van der Waals surface area contributed by atoms with Crippen molar-refractivity contribution in [2.24, 2.45) is 0 Å². The number of ether oxygens (including phenoxy) is 2. The van der Waals surface area contributed by atoms with Gasteiger partial charge in [0.25, 0.3) is 7.82 Å². The second kappa shape index (κ2) is 77.3. The number of nitrogens with zero attached hydrogens (tertiary/aromatic N) is 1. The SMILES string of the molecule is CC/C=C\C/C=C\C/C=C\C/C=C\C/C=C\C/C=C\C/C=C\C/C=C\C/C=C\C/C=C\C/C=C\CCCCCCCC(=O)OC(COC(=O)CCCCCCCCCCCCCCCCCCCCCCCCCCCCCCCCCCCCC)COP(=O)([O-])OCC[N+](C)(C)C. The maximum absolute atomic E-state index is 12.9. The minimum Gasteiger partial charge on any atom is -0.756 e. The fraction of sp³-hybridized carbons (Fsp3) is 0.727. The molecule has 0 radical (unpaired) electrons. The van der Waals surface area contributed by atoms with Gasteiger partial charge in [-0.3, -0.25) is 14.2 Å². The van der Waals surface area contributed by atoms with Crippen LogP contribution in [0.5, 0.6) is 0 Å². The number of likely N-dealkylation sites (N-methyl/N-ethyl adjacent to an activating group) is 1. The van der Waals surface area contributed by atoms with Crippen LogP contribution in [0.15, 0.2) is 134 Å². The molecule has 0 aliphatic heterocycles. The van der Waals surface area contributed by atoms with E-state index in [0.717, 1.165) is 122 Å². The highest BCUT2D eigenvalue weighted by molar-refractivity contribution is 7.45. The van der Waals surface area contributed by atoms with Crippen molar-refractivity contribution in [1.82, 2.24) is 0 Å². The Morgan fingerprint density at radius 2 is 0.582 bits per heavy atom. The average molecular weight is 1390 g/mol. The first kappa shape index (κ1) is 94.2. The second-order valence-electron chi connectivity index (χ2n) is 28.4. The van der Waals surface area contributed by atoms with E-state index in [9.17, 15) is 19.0 Å². The van der Waals surface area contributed by atoms with Gasteiger partial charge in [0.05, 0.1) is 27.7 Å². The number of quaternary nitrogens is 1. The number of unbranched alkanes of at least 4 members (excludes halogenated alkanes) is 39. The first-order valence-corrected chi connectivity index (χ1v) is 42.4. The lowest BCUT2D eigenvalue weighted by molar-refractivity contribution is -0.870. The summed E-state index contributed by atoms with van der Waals surface area (Å²) in [6.07, 6.45) is 113. The van der Waals surface area contributed by atoms with Crippen LogP contribution in [0.2, 0.25) is 0 Å². The lowest BCUT2D eigenvalue weighted by Gasteiger charge is -2.28. The Morgan fingerprint density at radius 1 is 0.327 bits per heavy atom. The monoisotopic (exact) mass is 1380 g/mol. The number of esters is 2. The van der Waals surface area contributed by atoms with E-state index in [2.05, 4.69) is 148 Å². The molecule has 0 saturated carbocycles. The summed E-state index contributed by atoms with van der Waals surface area (Å²) in [4.78, 5) is 38.2. The number of allylic oxidation sites excluding steroid dienone is 22. The maximum atomic E-state index is 12.9. The molecule has 0 aromatic rings. The van der Waals surface area contributed by atoms with Crippen molar-refractivity contribution in [3.05, 3.63) is 134 Å². The number of phosphoric ester groups is 1. The van der Waals surface area contributed by atoms with Gasteiger partial charge in [0.1, 0.15) is 19.8 Å². The third-order valence-corrected chi connectivity index (χ3v) is 18.6. The molecular formula is C88H154NO8P. The van der Waals surface area contributed by atoms with E-state index in [1.165, 1.54) is 205 Å². The molecule has 0 N–H and O–H groups in total. The van der Waals surface area contributed by atoms with Crippen molar-refractivity contribution < 1.29 is 42.1 Å². The highest BCUT2D eigenvalue weighted by Gasteiger charge is 2.22. The normalized spacial score (nSPS) is 13.7. The van der Waals surface area contributed by atoms with Gasteiger partial charge in [-0.2, -0.15) is 0 Å². The maximum Gasteiger partial charge on any atom is 0.306 e. The van der Waals surface area contributed by atoms with Crippen LogP contribution in [-0.2, 0) is 32.7 Å². The molecule has 0 spiro atoms. The van der Waals surface area contributed by atoms with Crippen LogP contribution in [0.3, 0.4) is 0 Å². The summed E-state index contributed by atoms with van der Waals surface area (Å²) in [5.74, 6) is -0.850. The topological polar surface area (TPSA) is 111 Å². The van der Waals surface area contributed by atoms with Crippen molar-refractivity contribution >= 4 is 19.8 Å². The predicted molar refractivity (Wildman–Crippen MR) is 424 cm³/mol. The molecule has 2 atom stereocenters. The van der Waals surface area contributed by atoms with Gasteiger partial charge in [0.2, 0.25) is 0 Å². The lowest BCUT2D eigenvalue weighted by atomic mass is 10.0. The van der Waals surface area contributed by atoms with Gasteiger partial charge in [-0.25, -0.2) is 0 Å². The second-order valence-corrected chi connectivity index (χ2v) is 29.8. The molecule has 0 bridgehead atoms. The van der Waals surface area contributed by atoms with Crippen molar-refractivity contribution in [3.63, 3.8) is 0 Å². The summed E-state index contributed by atoms with van der Waals surface area (Å²) in [7, 11) is 1.15. The number of hydrogen-bond acceptors (Lipinski definition) is 8. The quantitative estimate of drug-likeness (QED) is 0.0195. The van der Waals surface area contributed by atoms with Crippen molar-refractivity contribution in [3.8, 4) is 0 Å². The summed E-state index contributed by atoms with van der Waals surface area (Å²) in [6.45, 7) is 4.14. The Hall–Kier alpha value is -3.85. The van der Waals surface area contributed by atoms with Crippen LogP contribution in [0.4, 0.5) is 0 Å². The molecule has 0 saturated heterocycles. The van der Waals surface area contributed by atoms with Gasteiger partial charge in [0, 0.05) is 12.8 Å². The number of phosphoric acid groups is 1. The molecule has 10 heteroatoms. The van der Waals surface area contributed by atoms with Crippen molar-refractivity contribution in [2.45, 2.75) is 367 Å². The number of carbonyl (C=O) groups is 2. The molecule has 0 aliphatic carbocycles. The zero-order valence-corrected chi connectivity index (χ0v) is 65.3. The van der Waals surface area contributed by atoms with E-state index in [0.29, 0.717) is 17.4 Å². The van der Waals surface area contributed by atoms with E-state index < -0.39 is 26.5 Å². The van der Waals surface area contributed by atoms with E-state index in [4.69, 9.17) is 18.5 Å². The minimum absolute atomic E-state index is 0.0398. The average Bonchev–Trinajstić information content (AvgIpc) is 1.23. The molecule has 0 aliphatic rings. The van der Waals surface area contributed by atoms with Gasteiger partial charge in [-0.15, -0.1) is 0 Å². The van der Waals surface area contributed by atoms with Crippen molar-refractivity contribution in [2.75, 3.05) is 47.5 Å². The van der Waals surface area contributed by atoms with E-state index in [1.54, 1.807) is 0 Å². The molecule has 0 aromatic heterocycles. The zero-order valence-electron chi connectivity index (χ0n) is 64.5. The fourth-order valence-corrected chi connectivity index (χ4v) is 12.2. The summed E-state index contributed by atoms with van der Waals surface area (Å²) >= 11 is 0. The van der Waals surface area contributed by atoms with Crippen molar-refractivity contribution in [1.29, 1.82) is 0 Å². The van der Waals surface area contributed by atoms with Gasteiger partial charge in [-0.05, 0) is 96.3 Å². The molecular weight excluding hydrogens is 1230 g/mol. The van der Waals surface area contributed by atoms with Crippen LogP contribution < -0.4 is 4.89 Å². The largest absolute Gasteiger partial charge is 0.756 e. The van der Waals surface area contributed by atoms with Crippen LogP contribution in [0.1, 0.15) is 361 Å². The molecule has 0 aromatic carbocycles. The van der Waals surface area contributed by atoms with Crippen LogP contribution in [0.25, 0.3) is 0 Å². The highest BCUT2D eigenvalue weighted by atomic mass is 31.2. The molecule has 98 heavy (non-hydrogen) atoms. The Labute approximate surface area is 606 Å². The Kier molecular flexibility index (Phi) is 74.3. The van der Waals surface area contributed by atoms with Gasteiger partial charge < -0.3 is 27.9 Å². The first-order chi connectivity index (χ1) is 48.0. The summed E-state index contributed by atoms with van der Waals surface area (Å²) in [5, 5.41) is 0. The van der Waals surface area contributed by atoms with Crippen LogP contribution in [-0.4, -0.2) is 70.0 Å². The molecule has 0 fully saturated rings. The molecule has 564 valence electrons. The number of carbonyl (C=O) groups excluding carboxylic acids is 2. The summed E-state index contributed by atoms with van der Waals surface area (Å²) in [6, 6.07) is 0. The fourth-order valence-electron chi connectivity index (χ4n) is 11.5. The van der Waals surface area contributed by atoms with Gasteiger partial charge in [-0.1, -0.05) is 385 Å². The van der Waals surface area contributed by atoms with Crippen LogP contribution >= 0.6 is 7.82 Å². The first-order valence-electron chi connectivity index (χ1n) is 40.9. The Balaban J connectivity index is 4.04. The standard InChI is InChI=1S/C88H154NO8P/c1-6-8-10-12-14-16-18-20-22-24-26-28-30-32-34-36-38-40-42-43-44-45-47-49-51-53-55-57-59-61-63-65-67-69-71-73-75-77-79-81-88(91)97-86(85-96-98(92,93)95-83-82-89(3,4)5)84-94-87(90)80-78-76-74-72-70-68-66-64-62-60-58-56-54-52-50-48-46-41-39-37-35-33-31-29-27-25-23-21-19-17-15-13-11-9-7-2/h8,10,14,16,20,22,26,28,32,34,38,40,43-44,47,49,53,55,59,61,65,67,86H,6-7,9,11-13,15,17-19,21,23-25,27,29-31,33,35-37,39,41-42,45-46,48,50-52,54,56-58,60,62-64,66,68-85H2,1-5H3/b10-8-,16-14-,22-20-,28-26-,34-32-,40-38-,44-43-,49-47-,55-53-,61-59-,67-65-. The van der Waals surface area contributed by atoms with Gasteiger partial charge >= 0.3 is 11.9 Å². The Morgan fingerprint density at radius 3 is 0.867 bits per heavy atom. The highest BCUT2D eigenvalue weighted by Crippen LogP contribution is 2.38. The zero-order chi connectivity index (χ0) is 71.1. The third-order valence-electron chi connectivity index (χ3n) is 17.7. The molecule has 0 heterocycles. The molecule has 9 nitrogen and oxygen atoms in total.